The fraction of sp³-hybridized carbons (Fsp3) is 0.143. The number of rotatable bonds is 4. The molecule has 0 aliphatic carbocycles. The molecule has 0 spiro atoms. The Kier molecular flexibility index (Phi) is 6.15. The molecule has 1 aromatic carbocycles. The van der Waals surface area contributed by atoms with Crippen molar-refractivity contribution in [3.8, 4) is 0 Å². The zero-order valence-corrected chi connectivity index (χ0v) is 14.8. The summed E-state index contributed by atoms with van der Waals surface area (Å²) in [4.78, 5) is 11.1. The highest BCUT2D eigenvalue weighted by Crippen LogP contribution is 2.16. The topological polar surface area (TPSA) is 106 Å². The van der Waals surface area contributed by atoms with Crippen molar-refractivity contribution in [3.63, 3.8) is 0 Å². The standard InChI is InChI=1S/C14H13ClFN3O3S.ClH/c1-23(21,22)11-3-8(2-10(16)5-11)6-19-7-9(15)4-12(13(19)17)14(18)20;/h2-5,7,17H,6H2,1H3,(H2,18,20);1H. The molecule has 0 atom stereocenters. The summed E-state index contributed by atoms with van der Waals surface area (Å²) in [5.41, 5.74) is 5.20. The number of amides is 1. The lowest BCUT2D eigenvalue weighted by atomic mass is 10.2. The number of halogens is 3. The highest BCUT2D eigenvalue weighted by molar-refractivity contribution is 7.90. The predicted octanol–water partition coefficient (Wildman–Crippen LogP) is 1.73. The Morgan fingerprint density at radius 1 is 1.33 bits per heavy atom. The van der Waals surface area contributed by atoms with Crippen molar-refractivity contribution in [1.82, 2.24) is 4.57 Å². The SMILES string of the molecule is CS(=O)(=O)c1cc(F)cc(Cn2cc(Cl)cc(C(N)=O)c2=N)c1.Cl. The van der Waals surface area contributed by atoms with Gasteiger partial charge in [0.05, 0.1) is 15.5 Å². The van der Waals surface area contributed by atoms with Crippen LogP contribution in [0.5, 0.6) is 0 Å². The third kappa shape index (κ3) is 4.56. The van der Waals surface area contributed by atoms with Crippen LogP contribution in [0.4, 0.5) is 4.39 Å². The highest BCUT2D eigenvalue weighted by atomic mass is 35.5. The predicted molar refractivity (Wildman–Crippen MR) is 89.7 cm³/mol. The number of pyridine rings is 1. The number of carbonyl (C=O) groups excluding carboxylic acids is 1. The van der Waals surface area contributed by atoms with Gasteiger partial charge in [0.15, 0.2) is 9.84 Å². The molecule has 1 heterocycles. The van der Waals surface area contributed by atoms with Crippen LogP contribution < -0.4 is 11.2 Å². The van der Waals surface area contributed by atoms with Crippen molar-refractivity contribution in [2.24, 2.45) is 5.73 Å². The van der Waals surface area contributed by atoms with Crippen LogP contribution in [0.15, 0.2) is 35.4 Å². The second kappa shape index (κ2) is 7.33. The quantitative estimate of drug-likeness (QED) is 0.825. The summed E-state index contributed by atoms with van der Waals surface area (Å²) >= 11 is 5.89. The van der Waals surface area contributed by atoms with Crippen LogP contribution in [0.25, 0.3) is 0 Å². The Bertz CT molecular complexity index is 958. The molecule has 0 aliphatic heterocycles. The molecule has 24 heavy (non-hydrogen) atoms. The van der Waals surface area contributed by atoms with E-state index in [1.807, 2.05) is 0 Å². The van der Waals surface area contributed by atoms with E-state index in [1.165, 1.54) is 22.9 Å². The van der Waals surface area contributed by atoms with Crippen molar-refractivity contribution in [1.29, 1.82) is 5.41 Å². The zero-order valence-electron chi connectivity index (χ0n) is 12.4. The van der Waals surface area contributed by atoms with Gasteiger partial charge in [-0.05, 0) is 29.8 Å². The van der Waals surface area contributed by atoms with Crippen molar-refractivity contribution < 1.29 is 17.6 Å². The Balaban J connectivity index is 0.00000288. The van der Waals surface area contributed by atoms with Crippen LogP contribution in [0, 0.1) is 11.2 Å². The van der Waals surface area contributed by atoms with Gasteiger partial charge in [-0.1, -0.05) is 11.6 Å². The van der Waals surface area contributed by atoms with Gasteiger partial charge >= 0.3 is 0 Å². The average molecular weight is 394 g/mol. The summed E-state index contributed by atoms with van der Waals surface area (Å²) < 4.78 is 38.0. The molecule has 1 amide bonds. The number of hydrogen-bond acceptors (Lipinski definition) is 4. The second-order valence-electron chi connectivity index (χ2n) is 4.98. The number of sulfone groups is 1. The third-order valence-electron chi connectivity index (χ3n) is 3.08. The lowest BCUT2D eigenvalue weighted by Gasteiger charge is -2.11. The summed E-state index contributed by atoms with van der Waals surface area (Å²) in [5, 5.41) is 8.12. The first kappa shape index (κ1) is 20.1. The van der Waals surface area contributed by atoms with Gasteiger partial charge in [0.2, 0.25) is 0 Å². The molecule has 10 heteroatoms. The van der Waals surface area contributed by atoms with E-state index < -0.39 is 21.6 Å². The number of primary amides is 1. The van der Waals surface area contributed by atoms with Gasteiger partial charge in [-0.3, -0.25) is 10.2 Å². The zero-order chi connectivity index (χ0) is 17.4. The van der Waals surface area contributed by atoms with Gasteiger partial charge in [0, 0.05) is 19.0 Å². The minimum absolute atomic E-state index is 0. The Morgan fingerprint density at radius 2 is 1.96 bits per heavy atom. The van der Waals surface area contributed by atoms with E-state index in [-0.39, 0.29) is 39.9 Å². The molecule has 6 nitrogen and oxygen atoms in total. The van der Waals surface area contributed by atoms with Crippen LogP contribution in [0.2, 0.25) is 5.02 Å². The summed E-state index contributed by atoms with van der Waals surface area (Å²) in [6.07, 6.45) is 2.35. The lowest BCUT2D eigenvalue weighted by Crippen LogP contribution is -2.29. The number of nitrogens with one attached hydrogen (secondary N) is 1. The molecule has 2 aromatic rings. The maximum atomic E-state index is 13.6. The van der Waals surface area contributed by atoms with Gasteiger partial charge < -0.3 is 10.3 Å². The summed E-state index contributed by atoms with van der Waals surface area (Å²) in [6, 6.07) is 4.62. The minimum Gasteiger partial charge on any atom is -0.365 e. The van der Waals surface area contributed by atoms with Gasteiger partial charge in [-0.2, -0.15) is 0 Å². The maximum absolute atomic E-state index is 13.6. The fourth-order valence-corrected chi connectivity index (χ4v) is 2.97. The van der Waals surface area contributed by atoms with Crippen molar-refractivity contribution in [2.45, 2.75) is 11.4 Å². The van der Waals surface area contributed by atoms with E-state index in [0.29, 0.717) is 5.56 Å². The highest BCUT2D eigenvalue weighted by Gasteiger charge is 2.13. The molecule has 0 aliphatic rings. The normalized spacial score (nSPS) is 11.0. The van der Waals surface area contributed by atoms with Crippen LogP contribution in [-0.4, -0.2) is 25.1 Å². The van der Waals surface area contributed by atoms with Gasteiger partial charge in [-0.15, -0.1) is 12.4 Å². The van der Waals surface area contributed by atoms with E-state index in [4.69, 9.17) is 22.7 Å². The molecule has 0 bridgehead atoms. The smallest absolute Gasteiger partial charge is 0.252 e. The number of benzene rings is 1. The Morgan fingerprint density at radius 3 is 2.50 bits per heavy atom. The van der Waals surface area contributed by atoms with Crippen LogP contribution >= 0.6 is 24.0 Å². The van der Waals surface area contributed by atoms with E-state index >= 15 is 0 Å². The summed E-state index contributed by atoms with van der Waals surface area (Å²) in [5.74, 6) is -1.53. The van der Waals surface area contributed by atoms with Crippen LogP contribution in [-0.2, 0) is 16.4 Å². The van der Waals surface area contributed by atoms with Crippen LogP contribution in [0.1, 0.15) is 15.9 Å². The molecule has 0 saturated carbocycles. The van der Waals surface area contributed by atoms with Crippen LogP contribution in [0.3, 0.4) is 0 Å². The van der Waals surface area contributed by atoms with Gasteiger partial charge in [0.25, 0.3) is 5.91 Å². The largest absolute Gasteiger partial charge is 0.365 e. The Labute approximate surface area is 148 Å². The molecule has 2 rings (SSSR count). The molecule has 0 fully saturated rings. The first-order valence-corrected chi connectivity index (χ1v) is 8.59. The molecular weight excluding hydrogens is 380 g/mol. The molecule has 130 valence electrons. The minimum atomic E-state index is -3.58. The molecule has 0 saturated heterocycles. The molecule has 0 unspecified atom stereocenters. The number of hydrogen-bond donors (Lipinski definition) is 2. The monoisotopic (exact) mass is 393 g/mol. The average Bonchev–Trinajstić information content (AvgIpc) is 2.40. The van der Waals surface area contributed by atoms with E-state index in [0.717, 1.165) is 18.4 Å². The molecular formula is C14H14Cl2FN3O3S. The van der Waals surface area contributed by atoms with E-state index in [1.54, 1.807) is 0 Å². The maximum Gasteiger partial charge on any atom is 0.252 e. The summed E-state index contributed by atoms with van der Waals surface area (Å²) in [6.45, 7) is -0.0417. The lowest BCUT2D eigenvalue weighted by molar-refractivity contribution is 0.0997. The van der Waals surface area contributed by atoms with Crippen molar-refractivity contribution in [2.75, 3.05) is 6.26 Å². The first-order chi connectivity index (χ1) is 10.6. The van der Waals surface area contributed by atoms with E-state index in [9.17, 15) is 17.6 Å². The number of aromatic nitrogens is 1. The third-order valence-corrected chi connectivity index (χ3v) is 4.38. The molecule has 1 aromatic heterocycles. The van der Waals surface area contributed by atoms with Crippen molar-refractivity contribution >= 4 is 39.8 Å². The number of nitrogens with zero attached hydrogens (tertiary/aromatic N) is 1. The van der Waals surface area contributed by atoms with E-state index in [2.05, 4.69) is 0 Å². The fourth-order valence-electron chi connectivity index (χ4n) is 2.05. The molecule has 3 N–H and O–H groups in total. The number of nitrogens with two attached hydrogens (primary N) is 1. The van der Waals surface area contributed by atoms with Crippen molar-refractivity contribution in [3.05, 3.63) is 57.9 Å². The first-order valence-electron chi connectivity index (χ1n) is 6.32. The second-order valence-corrected chi connectivity index (χ2v) is 7.43. The Hall–Kier alpha value is -1.90. The summed E-state index contributed by atoms with van der Waals surface area (Å²) in [7, 11) is -3.58. The van der Waals surface area contributed by atoms with Gasteiger partial charge in [-0.25, -0.2) is 12.8 Å². The number of carbonyl (C=O) groups is 1. The molecule has 0 radical (unpaired) electrons. The van der Waals surface area contributed by atoms with Gasteiger partial charge in [0.1, 0.15) is 11.3 Å².